The number of carboxylic acid groups (broad SMARTS) is 1. The van der Waals surface area contributed by atoms with E-state index in [-0.39, 0.29) is 36.9 Å². The Kier molecular flexibility index (Phi) is 6.93. The zero-order valence-electron chi connectivity index (χ0n) is 18.2. The van der Waals surface area contributed by atoms with Crippen LogP contribution in [-0.4, -0.2) is 53.5 Å². The zero-order valence-corrected chi connectivity index (χ0v) is 18.2. The summed E-state index contributed by atoms with van der Waals surface area (Å²) in [6.45, 7) is 0.129. The van der Waals surface area contributed by atoms with Crippen molar-refractivity contribution in [3.05, 3.63) is 59.7 Å². The molecule has 0 aliphatic heterocycles. The second-order valence-corrected chi connectivity index (χ2v) is 8.67. The lowest BCUT2D eigenvalue weighted by Crippen LogP contribution is -2.38. The van der Waals surface area contributed by atoms with E-state index < -0.39 is 24.6 Å². The number of hydrogen-bond acceptors (Lipinski definition) is 5. The molecule has 2 aliphatic rings. The Hall–Kier alpha value is -3.39. The number of alkyl carbamates (subject to hydrolysis) is 1. The van der Waals surface area contributed by atoms with Crippen LogP contribution >= 0.6 is 0 Å². The highest BCUT2D eigenvalue weighted by molar-refractivity contribution is 5.80. The third-order valence-electron chi connectivity index (χ3n) is 6.39. The Labute approximate surface area is 192 Å². The van der Waals surface area contributed by atoms with Crippen LogP contribution in [0.1, 0.15) is 42.7 Å². The Bertz CT molecular complexity index is 994. The van der Waals surface area contributed by atoms with Gasteiger partial charge in [-0.3, -0.25) is 9.59 Å². The molecule has 33 heavy (non-hydrogen) atoms. The number of ether oxygens (including phenoxy) is 1. The maximum atomic E-state index is 12.5. The molecular formula is C25H28N2O6. The predicted octanol–water partition coefficient (Wildman–Crippen LogP) is 2.65. The zero-order chi connectivity index (χ0) is 23.4. The molecular weight excluding hydrogens is 424 g/mol. The maximum absolute atomic E-state index is 12.5. The number of carbonyl (C=O) groups is 3. The molecule has 0 heterocycles. The molecule has 4 N–H and O–H groups in total. The van der Waals surface area contributed by atoms with Gasteiger partial charge in [-0.15, -0.1) is 0 Å². The third kappa shape index (κ3) is 5.34. The maximum Gasteiger partial charge on any atom is 0.407 e. The third-order valence-corrected chi connectivity index (χ3v) is 6.39. The largest absolute Gasteiger partial charge is 0.481 e. The molecule has 2 aromatic carbocycles. The number of carboxylic acids is 1. The summed E-state index contributed by atoms with van der Waals surface area (Å²) in [5.41, 5.74) is 4.63. The fraction of sp³-hybridized carbons (Fsp3) is 0.400. The summed E-state index contributed by atoms with van der Waals surface area (Å²) in [5, 5.41) is 23.7. The molecule has 2 amide bonds. The fourth-order valence-electron chi connectivity index (χ4n) is 4.79. The minimum Gasteiger partial charge on any atom is -0.481 e. The van der Waals surface area contributed by atoms with Gasteiger partial charge in [0.1, 0.15) is 6.61 Å². The number of benzene rings is 2. The minimum atomic E-state index is -1.12. The van der Waals surface area contributed by atoms with E-state index in [4.69, 9.17) is 9.84 Å². The Morgan fingerprint density at radius 1 is 1.00 bits per heavy atom. The molecule has 1 saturated carbocycles. The van der Waals surface area contributed by atoms with Crippen LogP contribution in [0.4, 0.5) is 4.79 Å². The highest BCUT2D eigenvalue weighted by atomic mass is 16.5. The number of carbonyl (C=O) groups excluding carboxylic acids is 2. The molecule has 4 rings (SSSR count). The van der Waals surface area contributed by atoms with Crippen LogP contribution in [-0.2, 0) is 14.3 Å². The number of fused-ring (bicyclic) bond motifs is 3. The van der Waals surface area contributed by atoms with Crippen molar-refractivity contribution in [2.75, 3.05) is 13.2 Å². The highest BCUT2D eigenvalue weighted by Gasteiger charge is 2.32. The molecule has 2 aromatic rings. The van der Waals surface area contributed by atoms with Gasteiger partial charge in [-0.25, -0.2) is 4.79 Å². The first-order valence-corrected chi connectivity index (χ1v) is 11.2. The minimum absolute atomic E-state index is 0.0116. The summed E-state index contributed by atoms with van der Waals surface area (Å²) in [6, 6.07) is 16.1. The lowest BCUT2D eigenvalue weighted by molar-refractivity contribution is -0.139. The Morgan fingerprint density at radius 3 is 2.27 bits per heavy atom. The van der Waals surface area contributed by atoms with Crippen molar-refractivity contribution in [2.24, 2.45) is 5.92 Å². The Balaban J connectivity index is 1.25. The van der Waals surface area contributed by atoms with Crippen molar-refractivity contribution in [1.82, 2.24) is 10.6 Å². The van der Waals surface area contributed by atoms with Crippen molar-refractivity contribution in [3.8, 4) is 11.1 Å². The number of aliphatic carboxylic acids is 1. The average molecular weight is 453 g/mol. The van der Waals surface area contributed by atoms with Crippen LogP contribution in [0.2, 0.25) is 0 Å². The molecule has 1 fully saturated rings. The van der Waals surface area contributed by atoms with Crippen molar-refractivity contribution >= 4 is 18.0 Å². The molecule has 2 aliphatic carbocycles. The molecule has 0 bridgehead atoms. The van der Waals surface area contributed by atoms with Gasteiger partial charge in [0.05, 0.1) is 12.5 Å². The Morgan fingerprint density at radius 2 is 1.64 bits per heavy atom. The van der Waals surface area contributed by atoms with Gasteiger partial charge in [0.25, 0.3) is 0 Å². The van der Waals surface area contributed by atoms with Gasteiger partial charge in [0, 0.05) is 24.4 Å². The van der Waals surface area contributed by atoms with E-state index in [0.29, 0.717) is 19.3 Å². The van der Waals surface area contributed by atoms with Gasteiger partial charge in [-0.05, 0) is 41.5 Å². The molecule has 3 atom stereocenters. The van der Waals surface area contributed by atoms with Crippen LogP contribution < -0.4 is 10.6 Å². The summed E-state index contributed by atoms with van der Waals surface area (Å²) in [6.07, 6.45) is -0.306. The molecule has 0 saturated heterocycles. The van der Waals surface area contributed by atoms with Crippen LogP contribution in [0.5, 0.6) is 0 Å². The van der Waals surface area contributed by atoms with Crippen molar-refractivity contribution in [1.29, 1.82) is 0 Å². The quantitative estimate of drug-likeness (QED) is 0.488. The number of rotatable bonds is 8. The van der Waals surface area contributed by atoms with E-state index in [1.807, 2.05) is 24.3 Å². The highest BCUT2D eigenvalue weighted by Crippen LogP contribution is 2.44. The van der Waals surface area contributed by atoms with Gasteiger partial charge in [0.15, 0.2) is 0 Å². The van der Waals surface area contributed by atoms with Crippen LogP contribution in [0, 0.1) is 5.92 Å². The normalized spacial score (nSPS) is 19.9. The van der Waals surface area contributed by atoms with Gasteiger partial charge in [0.2, 0.25) is 5.91 Å². The second-order valence-electron chi connectivity index (χ2n) is 8.67. The first-order chi connectivity index (χ1) is 15.9. The number of aliphatic hydroxyl groups is 1. The van der Waals surface area contributed by atoms with Gasteiger partial charge in [-0.1, -0.05) is 48.5 Å². The summed E-state index contributed by atoms with van der Waals surface area (Å²) >= 11 is 0. The van der Waals surface area contributed by atoms with E-state index in [1.54, 1.807) is 0 Å². The van der Waals surface area contributed by atoms with Crippen molar-refractivity contribution in [2.45, 2.75) is 43.7 Å². The topological polar surface area (TPSA) is 125 Å². The van der Waals surface area contributed by atoms with Crippen LogP contribution in [0.25, 0.3) is 11.1 Å². The van der Waals surface area contributed by atoms with Crippen LogP contribution in [0.3, 0.4) is 0 Å². The molecule has 1 unspecified atom stereocenters. The van der Waals surface area contributed by atoms with E-state index in [2.05, 4.69) is 34.9 Å². The first-order valence-electron chi connectivity index (χ1n) is 11.2. The van der Waals surface area contributed by atoms with E-state index >= 15 is 0 Å². The van der Waals surface area contributed by atoms with Crippen molar-refractivity contribution < 1.29 is 29.3 Å². The van der Waals surface area contributed by atoms with Crippen molar-refractivity contribution in [3.63, 3.8) is 0 Å². The number of amides is 2. The first kappa shape index (κ1) is 22.8. The van der Waals surface area contributed by atoms with Gasteiger partial charge >= 0.3 is 12.1 Å². The summed E-state index contributed by atoms with van der Waals surface area (Å²) in [4.78, 5) is 35.3. The molecule has 0 spiro atoms. The number of aliphatic hydroxyl groups excluding tert-OH is 1. The molecule has 8 nitrogen and oxygen atoms in total. The number of nitrogens with one attached hydrogen (secondary N) is 2. The molecule has 0 radical (unpaired) electrons. The van der Waals surface area contributed by atoms with Gasteiger partial charge < -0.3 is 25.6 Å². The summed E-state index contributed by atoms with van der Waals surface area (Å²) in [5.74, 6) is -1.66. The molecule has 174 valence electrons. The summed E-state index contributed by atoms with van der Waals surface area (Å²) in [7, 11) is 0. The fourth-order valence-corrected chi connectivity index (χ4v) is 4.79. The van der Waals surface area contributed by atoms with E-state index in [1.165, 1.54) is 11.1 Å². The smallest absolute Gasteiger partial charge is 0.407 e. The van der Waals surface area contributed by atoms with E-state index in [0.717, 1.165) is 11.1 Å². The monoisotopic (exact) mass is 452 g/mol. The predicted molar refractivity (Wildman–Crippen MR) is 121 cm³/mol. The SMILES string of the molecule is O=C(O)CC(O)CNC(=O)[C@H]1CC[C@@H](NC(=O)OCC2c3ccccc3-c3ccccc32)C1. The summed E-state index contributed by atoms with van der Waals surface area (Å²) < 4.78 is 5.57. The standard InChI is InChI=1S/C25H28N2O6/c28-17(12-23(29)30)13-26-24(31)15-9-10-16(11-15)27-25(32)33-14-22-20-7-3-1-5-18(20)19-6-2-4-8-21(19)22/h1-8,15-17,22,28H,9-14H2,(H,26,31)(H,27,32)(H,29,30)/t15-,16+,17?/m0/s1. The van der Waals surface area contributed by atoms with E-state index in [9.17, 15) is 19.5 Å². The van der Waals surface area contributed by atoms with Gasteiger partial charge in [-0.2, -0.15) is 0 Å². The lowest BCUT2D eigenvalue weighted by Gasteiger charge is -2.17. The lowest BCUT2D eigenvalue weighted by atomic mass is 9.98. The number of hydrogen-bond donors (Lipinski definition) is 4. The molecule has 0 aromatic heterocycles. The molecule has 8 heteroatoms. The van der Waals surface area contributed by atoms with Crippen LogP contribution in [0.15, 0.2) is 48.5 Å². The average Bonchev–Trinajstić information content (AvgIpc) is 3.38. The second kappa shape index (κ2) is 10.0.